The Morgan fingerprint density at radius 3 is 1.78 bits per heavy atom. The molecule has 0 saturated carbocycles. The van der Waals surface area contributed by atoms with Crippen LogP contribution in [-0.4, -0.2) is 19.5 Å². The zero-order valence-corrected chi connectivity index (χ0v) is 41.6. The molecule has 0 saturated heterocycles. The minimum Gasteiger partial charge on any atom is -0.456 e. The molecule has 6 heteroatoms. The van der Waals surface area contributed by atoms with Crippen LogP contribution < -0.4 is 0 Å². The minimum absolute atomic E-state index is 0.536. The Balaban J connectivity index is 0.00000249. The van der Waals surface area contributed by atoms with E-state index < -0.39 is 0 Å². The molecule has 0 amide bonds. The van der Waals surface area contributed by atoms with Crippen LogP contribution in [0.3, 0.4) is 0 Å². The number of fused-ring (bicyclic) bond motifs is 14. The van der Waals surface area contributed by atoms with Crippen LogP contribution in [0.15, 0.2) is 223 Å². The van der Waals surface area contributed by atoms with E-state index in [0.717, 1.165) is 88.9 Å². The van der Waals surface area contributed by atoms with Gasteiger partial charge in [0, 0.05) is 63.8 Å². The summed E-state index contributed by atoms with van der Waals surface area (Å²) in [4.78, 5) is 16.2. The summed E-state index contributed by atoms with van der Waals surface area (Å²) in [6.07, 6.45) is 9.99. The van der Waals surface area contributed by atoms with Crippen molar-refractivity contribution in [2.24, 2.45) is 0 Å². The lowest BCUT2D eigenvalue weighted by molar-refractivity contribution is 0.669. The van der Waals surface area contributed by atoms with Gasteiger partial charge < -0.3 is 4.42 Å². The number of hydrogen-bond donors (Lipinski definition) is 0. The zero-order chi connectivity index (χ0) is 49.3. The van der Waals surface area contributed by atoms with Crippen molar-refractivity contribution in [1.29, 1.82) is 0 Å². The fourth-order valence-corrected chi connectivity index (χ4v) is 12.2. The zero-order valence-electron chi connectivity index (χ0n) is 40.8. The van der Waals surface area contributed by atoms with Crippen LogP contribution >= 0.6 is 11.3 Å². The number of thiophene rings is 1. The third-order valence-corrected chi connectivity index (χ3v) is 15.6. The van der Waals surface area contributed by atoms with E-state index in [4.69, 9.17) is 19.4 Å². The molecule has 15 rings (SSSR count). The normalized spacial score (nSPS) is 12.3. The molecule has 0 fully saturated rings. The van der Waals surface area contributed by atoms with E-state index in [2.05, 4.69) is 199 Å². The average Bonchev–Trinajstić information content (AvgIpc) is 4.09. The summed E-state index contributed by atoms with van der Waals surface area (Å²) in [5.74, 6) is 1.68. The fraction of sp³-hybridized carbons (Fsp3) is 0.0441. The summed E-state index contributed by atoms with van der Waals surface area (Å²) in [5, 5.41) is 9.32. The van der Waals surface area contributed by atoms with Gasteiger partial charge in [-0.05, 0) is 99.3 Å². The van der Waals surface area contributed by atoms with Crippen molar-refractivity contribution in [3.63, 3.8) is 0 Å². The first kappa shape index (κ1) is 43.5. The summed E-state index contributed by atoms with van der Waals surface area (Å²) in [6, 6.07) is 73.7. The molecular weight excluding hydrogens is 921 g/mol. The van der Waals surface area contributed by atoms with Crippen LogP contribution in [0.2, 0.25) is 0 Å². The molecule has 0 atom stereocenters. The first-order chi connectivity index (χ1) is 36.7. The third kappa shape index (κ3) is 7.09. The number of rotatable bonds is 6. The maximum Gasteiger partial charge on any atom is 0.238 e. The van der Waals surface area contributed by atoms with Crippen LogP contribution in [0, 0.1) is 0 Å². The summed E-state index contributed by atoms with van der Waals surface area (Å²) >= 11 is 1.85. The van der Waals surface area contributed by atoms with Gasteiger partial charge >= 0.3 is 0 Å². The first-order valence-electron chi connectivity index (χ1n) is 25.4. The predicted octanol–water partition coefficient (Wildman–Crippen LogP) is 19.2. The van der Waals surface area contributed by atoms with Gasteiger partial charge in [0.15, 0.2) is 11.6 Å². The minimum atomic E-state index is 0.536. The molecule has 0 aliphatic heterocycles. The standard InChI is InChI=1S/C66H40N4OS.C2H6/c1-3-16-40(17-4-1)64-67-65(46-32-34-51-50-24-9-11-30-57(50)71-58(51)39-46)69-66(68-64)70-62-47(28-15-29-55(62)61-53-26-6-2-5-22-48(53)49-23-7-8-27-54(49)63(61)70)45-21-14-20-43(37-45)41-18-13-19-42(36-41)44-33-35-60-56(38-44)52-25-10-12-31-59(52)72-60;1-2/h1,3-39H,2H2;1-2H3. The molecule has 74 heavy (non-hydrogen) atoms. The monoisotopic (exact) mass is 966 g/mol. The topological polar surface area (TPSA) is 56.7 Å². The van der Waals surface area contributed by atoms with Crippen LogP contribution in [0.1, 0.15) is 31.4 Å². The summed E-state index contributed by atoms with van der Waals surface area (Å²) < 4.78 is 11.4. The molecule has 4 aromatic heterocycles. The summed E-state index contributed by atoms with van der Waals surface area (Å²) in [6.45, 7) is 4.00. The molecule has 0 bridgehead atoms. The number of para-hydroxylation sites is 2. The summed E-state index contributed by atoms with van der Waals surface area (Å²) in [7, 11) is 0. The fourth-order valence-electron chi connectivity index (χ4n) is 11.1. The van der Waals surface area contributed by atoms with Crippen LogP contribution in [0.4, 0.5) is 0 Å². The third-order valence-electron chi connectivity index (χ3n) is 14.4. The van der Waals surface area contributed by atoms with E-state index in [1.165, 1.54) is 47.8 Å². The van der Waals surface area contributed by atoms with Gasteiger partial charge in [0.2, 0.25) is 5.95 Å². The van der Waals surface area contributed by atoms with Crippen molar-refractivity contribution in [2.75, 3.05) is 0 Å². The highest BCUT2D eigenvalue weighted by molar-refractivity contribution is 7.25. The van der Waals surface area contributed by atoms with E-state index >= 15 is 0 Å². The molecule has 5 nitrogen and oxygen atoms in total. The number of benzene rings is 10. The van der Waals surface area contributed by atoms with E-state index in [0.29, 0.717) is 17.6 Å². The quantitative estimate of drug-likeness (QED) is 0.167. The lowest BCUT2D eigenvalue weighted by atomic mass is 9.92. The van der Waals surface area contributed by atoms with Gasteiger partial charge in [-0.25, -0.2) is 4.98 Å². The Morgan fingerprint density at radius 2 is 0.973 bits per heavy atom. The number of hydrogen-bond acceptors (Lipinski definition) is 5. The number of furan rings is 1. The number of allylic oxidation sites excluding steroid dienone is 2. The van der Waals surface area contributed by atoms with Gasteiger partial charge in [0.25, 0.3) is 0 Å². The van der Waals surface area contributed by atoms with Crippen molar-refractivity contribution < 1.29 is 4.42 Å². The lowest BCUT2D eigenvalue weighted by Gasteiger charge is -2.15. The Hall–Kier alpha value is -9.23. The highest BCUT2D eigenvalue weighted by atomic mass is 32.1. The SMILES string of the molecule is C1=Cc2c(c3c4cccc(-c5cccc(-c6cccc(-c7ccc8sc9ccccc9c8c7)c6)c5)c4n(-c4nc(-c5ccccc5)nc(-c5ccc6c(c5)oc5ccccc56)n4)c3c3ccccc23)C=CC1.CC. The van der Waals surface area contributed by atoms with Gasteiger partial charge in [0.05, 0.1) is 11.0 Å². The smallest absolute Gasteiger partial charge is 0.238 e. The Morgan fingerprint density at radius 1 is 0.392 bits per heavy atom. The maximum atomic E-state index is 6.43. The first-order valence-corrected chi connectivity index (χ1v) is 26.2. The Labute approximate surface area is 431 Å². The molecule has 14 aromatic rings. The Bertz CT molecular complexity index is 4610. The van der Waals surface area contributed by atoms with Crippen molar-refractivity contribution >= 4 is 98.2 Å². The van der Waals surface area contributed by atoms with Crippen molar-refractivity contribution in [2.45, 2.75) is 20.3 Å². The van der Waals surface area contributed by atoms with E-state index in [-0.39, 0.29) is 0 Å². The van der Waals surface area contributed by atoms with Gasteiger partial charge in [0.1, 0.15) is 11.2 Å². The van der Waals surface area contributed by atoms with Gasteiger partial charge in [-0.1, -0.05) is 196 Å². The van der Waals surface area contributed by atoms with Crippen molar-refractivity contribution in [3.05, 3.63) is 230 Å². The molecule has 0 N–H and O–H groups in total. The van der Waals surface area contributed by atoms with Gasteiger partial charge in [-0.2, -0.15) is 9.97 Å². The lowest BCUT2D eigenvalue weighted by Crippen LogP contribution is -2.07. The number of aromatic nitrogens is 4. The van der Waals surface area contributed by atoms with Gasteiger partial charge in [-0.15, -0.1) is 11.3 Å². The second kappa shape index (κ2) is 17.8. The maximum absolute atomic E-state index is 6.43. The van der Waals surface area contributed by atoms with Gasteiger partial charge in [-0.3, -0.25) is 4.57 Å². The molecule has 0 radical (unpaired) electrons. The molecule has 1 aliphatic rings. The predicted molar refractivity (Wildman–Crippen MR) is 313 cm³/mol. The van der Waals surface area contributed by atoms with Crippen LogP contribution in [-0.2, 0) is 0 Å². The molecule has 0 unspecified atom stereocenters. The molecule has 0 spiro atoms. The molecule has 10 aromatic carbocycles. The summed E-state index contributed by atoms with van der Waals surface area (Å²) in [5.41, 5.74) is 14.7. The molecule has 4 heterocycles. The van der Waals surface area contributed by atoms with E-state index in [9.17, 15) is 0 Å². The Kier molecular flexibility index (Phi) is 10.5. The van der Waals surface area contributed by atoms with E-state index in [1.54, 1.807) is 0 Å². The van der Waals surface area contributed by atoms with Crippen LogP contribution in [0.25, 0.3) is 149 Å². The van der Waals surface area contributed by atoms with Crippen molar-refractivity contribution in [3.8, 4) is 62.1 Å². The highest BCUT2D eigenvalue weighted by Crippen LogP contribution is 2.46. The highest BCUT2D eigenvalue weighted by Gasteiger charge is 2.26. The average molecular weight is 967 g/mol. The second-order valence-electron chi connectivity index (χ2n) is 18.6. The number of nitrogens with zero attached hydrogens (tertiary/aromatic N) is 4. The molecule has 350 valence electrons. The van der Waals surface area contributed by atoms with E-state index in [1.807, 2.05) is 61.6 Å². The van der Waals surface area contributed by atoms with Crippen molar-refractivity contribution in [1.82, 2.24) is 19.5 Å². The molecule has 1 aliphatic carbocycles. The second-order valence-corrected chi connectivity index (χ2v) is 19.7. The van der Waals surface area contributed by atoms with Crippen LogP contribution in [0.5, 0.6) is 0 Å². The largest absolute Gasteiger partial charge is 0.456 e. The molecular formula is C68H46N4OS.